The van der Waals surface area contributed by atoms with Gasteiger partial charge in [0.1, 0.15) is 0 Å². The molecule has 1 heteroatoms. The Hall–Kier alpha value is -0.330. The van der Waals surface area contributed by atoms with Crippen LogP contribution in [0.2, 0.25) is 0 Å². The number of rotatable bonds is 19. The first-order chi connectivity index (χ1) is 10.9. The molecule has 0 aromatic rings. The van der Waals surface area contributed by atoms with Crippen LogP contribution in [0.4, 0.5) is 4.39 Å². The molecule has 0 nitrogen and oxygen atoms in total. The highest BCUT2D eigenvalue weighted by Crippen LogP contribution is 2.14. The zero-order chi connectivity index (χ0) is 16.1. The van der Waals surface area contributed by atoms with E-state index in [1.165, 1.54) is 103 Å². The summed E-state index contributed by atoms with van der Waals surface area (Å²) in [7, 11) is 0. The lowest BCUT2D eigenvalue weighted by atomic mass is 10.0. The summed E-state index contributed by atoms with van der Waals surface area (Å²) in [4.78, 5) is 0. The standard InChI is InChI=1S/C21H41F/c1-2-3-4-5-6-7-8-9-10-11-12-13-14-15-16-17-18-19-20-21-22/h2H,1,3-21H2. The molecule has 0 bridgehead atoms. The Kier molecular flexibility index (Phi) is 20.4. The normalized spacial score (nSPS) is 11.0. The molecular weight excluding hydrogens is 271 g/mol. The van der Waals surface area contributed by atoms with Crippen molar-refractivity contribution in [2.45, 2.75) is 116 Å². The average Bonchev–Trinajstić information content (AvgIpc) is 2.54. The third kappa shape index (κ3) is 19.7. The maximum absolute atomic E-state index is 11.9. The van der Waals surface area contributed by atoms with Crippen LogP contribution in [0, 0.1) is 0 Å². The summed E-state index contributed by atoms with van der Waals surface area (Å²) in [6.45, 7) is 3.63. The van der Waals surface area contributed by atoms with Crippen molar-refractivity contribution in [3.63, 3.8) is 0 Å². The highest BCUT2D eigenvalue weighted by Gasteiger charge is 1.94. The van der Waals surface area contributed by atoms with Gasteiger partial charge in [-0.05, 0) is 19.3 Å². The summed E-state index contributed by atoms with van der Waals surface area (Å²) in [6.07, 6.45) is 26.0. The lowest BCUT2D eigenvalue weighted by molar-refractivity contribution is 0.448. The molecule has 0 heterocycles. The van der Waals surface area contributed by atoms with E-state index in [0.29, 0.717) is 0 Å². The Labute approximate surface area is 140 Å². The Balaban J connectivity index is 2.92. The monoisotopic (exact) mass is 312 g/mol. The van der Waals surface area contributed by atoms with Crippen LogP contribution in [0.3, 0.4) is 0 Å². The van der Waals surface area contributed by atoms with Crippen LogP contribution in [0.5, 0.6) is 0 Å². The molecule has 0 aromatic carbocycles. The second-order valence-electron chi connectivity index (χ2n) is 6.78. The van der Waals surface area contributed by atoms with E-state index in [4.69, 9.17) is 0 Å². The van der Waals surface area contributed by atoms with Gasteiger partial charge in [0.25, 0.3) is 0 Å². The first kappa shape index (κ1) is 21.7. The van der Waals surface area contributed by atoms with Crippen LogP contribution < -0.4 is 0 Å². The van der Waals surface area contributed by atoms with Crippen LogP contribution >= 0.6 is 0 Å². The van der Waals surface area contributed by atoms with E-state index in [-0.39, 0.29) is 6.67 Å². The van der Waals surface area contributed by atoms with Gasteiger partial charge in [0.2, 0.25) is 0 Å². The van der Waals surface area contributed by atoms with E-state index in [1.54, 1.807) is 0 Å². The molecule has 0 N–H and O–H groups in total. The van der Waals surface area contributed by atoms with Crippen LogP contribution in [0.25, 0.3) is 0 Å². The largest absolute Gasteiger partial charge is 0.251 e. The molecule has 0 atom stereocenters. The third-order valence-corrected chi connectivity index (χ3v) is 4.54. The number of unbranched alkanes of at least 4 members (excludes halogenated alkanes) is 17. The number of hydrogen-bond acceptors (Lipinski definition) is 0. The summed E-state index contributed by atoms with van der Waals surface area (Å²) >= 11 is 0. The second kappa shape index (κ2) is 20.7. The Morgan fingerprint density at radius 1 is 0.455 bits per heavy atom. The predicted molar refractivity (Wildman–Crippen MR) is 99.3 cm³/mol. The maximum Gasteiger partial charge on any atom is 0.0894 e. The topological polar surface area (TPSA) is 0 Å². The van der Waals surface area contributed by atoms with Crippen LogP contribution in [0.1, 0.15) is 116 Å². The number of allylic oxidation sites excluding steroid dienone is 1. The number of halogens is 1. The van der Waals surface area contributed by atoms with E-state index in [2.05, 4.69) is 6.58 Å². The molecule has 0 radical (unpaired) electrons. The smallest absolute Gasteiger partial charge is 0.0894 e. The highest BCUT2D eigenvalue weighted by atomic mass is 19.1. The van der Waals surface area contributed by atoms with Crippen molar-refractivity contribution in [2.24, 2.45) is 0 Å². The molecule has 132 valence electrons. The van der Waals surface area contributed by atoms with Crippen molar-refractivity contribution in [3.05, 3.63) is 12.7 Å². The van der Waals surface area contributed by atoms with Gasteiger partial charge in [-0.3, -0.25) is 4.39 Å². The Bertz CT molecular complexity index is 200. The van der Waals surface area contributed by atoms with Gasteiger partial charge in [0, 0.05) is 0 Å². The Morgan fingerprint density at radius 2 is 0.727 bits per heavy atom. The summed E-state index contributed by atoms with van der Waals surface area (Å²) in [5, 5.41) is 0. The first-order valence-corrected chi connectivity index (χ1v) is 10.1. The lowest BCUT2D eigenvalue weighted by Gasteiger charge is -2.03. The predicted octanol–water partition coefficient (Wildman–Crippen LogP) is 8.16. The average molecular weight is 313 g/mol. The molecule has 0 fully saturated rings. The highest BCUT2D eigenvalue weighted by molar-refractivity contribution is 4.65. The fraction of sp³-hybridized carbons (Fsp3) is 0.905. The summed E-state index contributed by atoms with van der Waals surface area (Å²) in [6, 6.07) is 0. The summed E-state index contributed by atoms with van der Waals surface area (Å²) in [5.74, 6) is 0. The molecule has 0 saturated carbocycles. The molecule has 22 heavy (non-hydrogen) atoms. The quantitative estimate of drug-likeness (QED) is 0.167. The zero-order valence-corrected chi connectivity index (χ0v) is 15.1. The zero-order valence-electron chi connectivity index (χ0n) is 15.1. The lowest BCUT2D eigenvalue weighted by Crippen LogP contribution is -1.84. The van der Waals surface area contributed by atoms with Gasteiger partial charge in [0.05, 0.1) is 6.67 Å². The molecule has 0 aromatic heterocycles. The van der Waals surface area contributed by atoms with Gasteiger partial charge in [-0.2, -0.15) is 0 Å². The van der Waals surface area contributed by atoms with Gasteiger partial charge in [-0.1, -0.05) is 102 Å². The fourth-order valence-corrected chi connectivity index (χ4v) is 3.03. The van der Waals surface area contributed by atoms with Gasteiger partial charge in [-0.15, -0.1) is 6.58 Å². The van der Waals surface area contributed by atoms with E-state index in [1.807, 2.05) is 6.08 Å². The first-order valence-electron chi connectivity index (χ1n) is 10.1. The minimum atomic E-state index is -0.130. The van der Waals surface area contributed by atoms with E-state index < -0.39 is 0 Å². The van der Waals surface area contributed by atoms with Gasteiger partial charge in [0.15, 0.2) is 0 Å². The molecular formula is C21H41F. The van der Waals surface area contributed by atoms with Crippen molar-refractivity contribution in [3.8, 4) is 0 Å². The molecule has 0 rings (SSSR count). The van der Waals surface area contributed by atoms with Crippen LogP contribution in [0.15, 0.2) is 12.7 Å². The minimum absolute atomic E-state index is 0.130. The van der Waals surface area contributed by atoms with E-state index in [9.17, 15) is 4.39 Å². The van der Waals surface area contributed by atoms with Gasteiger partial charge >= 0.3 is 0 Å². The molecule has 0 amide bonds. The SMILES string of the molecule is C=CCCCCCCCCCCCCCCCCCCCF. The third-order valence-electron chi connectivity index (χ3n) is 4.54. The Morgan fingerprint density at radius 3 is 1.00 bits per heavy atom. The van der Waals surface area contributed by atoms with Crippen LogP contribution in [-0.4, -0.2) is 6.67 Å². The number of hydrogen-bond donors (Lipinski definition) is 0. The molecule has 0 saturated heterocycles. The van der Waals surface area contributed by atoms with Crippen molar-refractivity contribution < 1.29 is 4.39 Å². The minimum Gasteiger partial charge on any atom is -0.251 e. The van der Waals surface area contributed by atoms with Gasteiger partial charge < -0.3 is 0 Å². The van der Waals surface area contributed by atoms with Crippen LogP contribution in [-0.2, 0) is 0 Å². The van der Waals surface area contributed by atoms with Crippen molar-refractivity contribution >= 4 is 0 Å². The number of alkyl halides is 1. The maximum atomic E-state index is 11.9. The van der Waals surface area contributed by atoms with Crippen molar-refractivity contribution in [1.82, 2.24) is 0 Å². The fourth-order valence-electron chi connectivity index (χ4n) is 3.03. The summed E-state index contributed by atoms with van der Waals surface area (Å²) < 4.78 is 11.9. The van der Waals surface area contributed by atoms with Gasteiger partial charge in [-0.25, -0.2) is 0 Å². The van der Waals surface area contributed by atoms with Crippen molar-refractivity contribution in [2.75, 3.05) is 6.67 Å². The molecule has 0 unspecified atom stereocenters. The second-order valence-corrected chi connectivity index (χ2v) is 6.78. The molecule has 0 aliphatic rings. The molecule has 0 spiro atoms. The summed E-state index contributed by atoms with van der Waals surface area (Å²) in [5.41, 5.74) is 0. The van der Waals surface area contributed by atoms with E-state index >= 15 is 0 Å². The van der Waals surface area contributed by atoms with Crippen molar-refractivity contribution in [1.29, 1.82) is 0 Å². The molecule has 0 aliphatic carbocycles. The molecule has 0 aliphatic heterocycles. The van der Waals surface area contributed by atoms with E-state index in [0.717, 1.165) is 12.8 Å².